The molecule has 2 rings (SSSR count). The van der Waals surface area contributed by atoms with Crippen molar-refractivity contribution in [3.8, 4) is 0 Å². The number of anilines is 1. The quantitative estimate of drug-likeness (QED) is 0.847. The van der Waals surface area contributed by atoms with Crippen LogP contribution >= 0.6 is 11.3 Å². The fourth-order valence-corrected chi connectivity index (χ4v) is 2.44. The lowest BCUT2D eigenvalue weighted by Gasteiger charge is -2.03. The van der Waals surface area contributed by atoms with Gasteiger partial charge >= 0.3 is 5.97 Å². The summed E-state index contributed by atoms with van der Waals surface area (Å²) in [5.74, 6) is -1.31. The van der Waals surface area contributed by atoms with Crippen molar-refractivity contribution in [2.24, 2.45) is 0 Å². The van der Waals surface area contributed by atoms with Crippen molar-refractivity contribution in [3.63, 3.8) is 0 Å². The van der Waals surface area contributed by atoms with Crippen LogP contribution in [0, 0.1) is 6.92 Å². The topological polar surface area (TPSA) is 66.4 Å². The third kappa shape index (κ3) is 3.55. The van der Waals surface area contributed by atoms with E-state index in [0.29, 0.717) is 5.69 Å². The molecule has 0 radical (unpaired) electrons. The van der Waals surface area contributed by atoms with Gasteiger partial charge in [-0.3, -0.25) is 4.79 Å². The number of benzene rings is 1. The zero-order valence-corrected chi connectivity index (χ0v) is 11.6. The number of carboxylic acids is 1. The molecule has 0 spiro atoms. The standard InChI is InChI=1S/C15H13NO3S/c1-10-7-8-20-13(10)5-6-14(17)16-12-4-2-3-11(9-12)15(18)19/h2-9H,1H3,(H,16,17)(H,18,19)/b6-5+. The van der Waals surface area contributed by atoms with Crippen LogP contribution in [0.5, 0.6) is 0 Å². The highest BCUT2D eigenvalue weighted by molar-refractivity contribution is 7.11. The molecule has 0 saturated carbocycles. The van der Waals surface area contributed by atoms with Gasteiger partial charge in [-0.05, 0) is 48.2 Å². The first-order valence-corrected chi connectivity index (χ1v) is 6.81. The maximum absolute atomic E-state index is 11.8. The van der Waals surface area contributed by atoms with Crippen LogP contribution in [0.1, 0.15) is 20.8 Å². The number of hydrogen-bond acceptors (Lipinski definition) is 3. The van der Waals surface area contributed by atoms with E-state index >= 15 is 0 Å². The van der Waals surface area contributed by atoms with Gasteiger partial charge in [0.05, 0.1) is 5.56 Å². The molecule has 4 nitrogen and oxygen atoms in total. The third-order valence-electron chi connectivity index (χ3n) is 2.66. The van der Waals surface area contributed by atoms with Gasteiger partial charge in [-0.15, -0.1) is 11.3 Å². The minimum absolute atomic E-state index is 0.140. The van der Waals surface area contributed by atoms with Crippen molar-refractivity contribution in [1.82, 2.24) is 0 Å². The molecule has 0 aliphatic heterocycles. The highest BCUT2D eigenvalue weighted by Gasteiger charge is 2.04. The lowest BCUT2D eigenvalue weighted by molar-refractivity contribution is -0.111. The summed E-state index contributed by atoms with van der Waals surface area (Å²) in [5, 5.41) is 13.5. The predicted molar refractivity (Wildman–Crippen MR) is 80.1 cm³/mol. The Morgan fingerprint density at radius 3 is 2.75 bits per heavy atom. The summed E-state index contributed by atoms with van der Waals surface area (Å²) >= 11 is 1.56. The molecule has 2 N–H and O–H groups in total. The molecule has 102 valence electrons. The van der Waals surface area contributed by atoms with Gasteiger partial charge in [0.25, 0.3) is 0 Å². The molecule has 1 heterocycles. The molecule has 0 aliphatic carbocycles. The zero-order chi connectivity index (χ0) is 14.5. The predicted octanol–water partition coefficient (Wildman–Crippen LogP) is 3.41. The molecule has 0 bridgehead atoms. The van der Waals surface area contributed by atoms with Crippen molar-refractivity contribution >= 4 is 35.0 Å². The van der Waals surface area contributed by atoms with Crippen LogP contribution < -0.4 is 5.32 Å². The number of carboxylic acid groups (broad SMARTS) is 1. The van der Waals surface area contributed by atoms with E-state index < -0.39 is 5.97 Å². The van der Waals surface area contributed by atoms with Crippen molar-refractivity contribution in [2.75, 3.05) is 5.32 Å². The number of carbonyl (C=O) groups excluding carboxylic acids is 1. The van der Waals surface area contributed by atoms with Crippen molar-refractivity contribution < 1.29 is 14.7 Å². The molecule has 0 fully saturated rings. The van der Waals surface area contributed by atoms with Gasteiger partial charge in [0.2, 0.25) is 5.91 Å². The van der Waals surface area contributed by atoms with E-state index in [2.05, 4.69) is 5.32 Å². The van der Waals surface area contributed by atoms with E-state index in [-0.39, 0.29) is 11.5 Å². The monoisotopic (exact) mass is 287 g/mol. The van der Waals surface area contributed by atoms with Gasteiger partial charge in [0, 0.05) is 16.6 Å². The van der Waals surface area contributed by atoms with Crippen LogP contribution in [-0.2, 0) is 4.79 Å². The Hall–Kier alpha value is -2.40. The number of aromatic carboxylic acids is 1. The number of rotatable bonds is 4. The van der Waals surface area contributed by atoms with E-state index in [1.165, 1.54) is 18.2 Å². The number of thiophene rings is 1. The van der Waals surface area contributed by atoms with Gasteiger partial charge in [0.1, 0.15) is 0 Å². The highest BCUT2D eigenvalue weighted by Crippen LogP contribution is 2.17. The van der Waals surface area contributed by atoms with E-state index in [1.54, 1.807) is 29.5 Å². The van der Waals surface area contributed by atoms with Crippen molar-refractivity contribution in [1.29, 1.82) is 0 Å². The van der Waals surface area contributed by atoms with Crippen molar-refractivity contribution in [2.45, 2.75) is 6.92 Å². The van der Waals surface area contributed by atoms with E-state index in [0.717, 1.165) is 10.4 Å². The van der Waals surface area contributed by atoms with Gasteiger partial charge in [0.15, 0.2) is 0 Å². The summed E-state index contributed by atoms with van der Waals surface area (Å²) in [6.45, 7) is 1.98. The second kappa shape index (κ2) is 6.16. The largest absolute Gasteiger partial charge is 0.478 e. The lowest BCUT2D eigenvalue weighted by atomic mass is 10.2. The van der Waals surface area contributed by atoms with Crippen LogP contribution in [0.15, 0.2) is 41.8 Å². The number of amides is 1. The summed E-state index contributed by atoms with van der Waals surface area (Å²) in [6, 6.07) is 8.12. The van der Waals surface area contributed by atoms with Gasteiger partial charge in [-0.25, -0.2) is 4.79 Å². The summed E-state index contributed by atoms with van der Waals surface area (Å²) in [5.41, 5.74) is 1.72. The molecule has 0 aliphatic rings. The average Bonchev–Trinajstić information content (AvgIpc) is 2.82. The van der Waals surface area contributed by atoms with Gasteiger partial charge < -0.3 is 10.4 Å². The molecule has 2 aromatic rings. The summed E-state index contributed by atoms with van der Waals surface area (Å²) in [4.78, 5) is 23.6. The second-order valence-corrected chi connectivity index (χ2v) is 5.12. The zero-order valence-electron chi connectivity index (χ0n) is 10.8. The van der Waals surface area contributed by atoms with Crippen LogP contribution in [0.25, 0.3) is 6.08 Å². The number of hydrogen-bond donors (Lipinski definition) is 2. The van der Waals surface area contributed by atoms with E-state index in [1.807, 2.05) is 18.4 Å². The minimum Gasteiger partial charge on any atom is -0.478 e. The molecule has 1 aromatic heterocycles. The minimum atomic E-state index is -1.02. The second-order valence-electron chi connectivity index (χ2n) is 4.18. The lowest BCUT2D eigenvalue weighted by Crippen LogP contribution is -2.08. The molecule has 1 amide bonds. The highest BCUT2D eigenvalue weighted by atomic mass is 32.1. The van der Waals surface area contributed by atoms with Crippen molar-refractivity contribution in [3.05, 3.63) is 57.8 Å². The van der Waals surface area contributed by atoms with Crippen LogP contribution in [0.4, 0.5) is 5.69 Å². The van der Waals surface area contributed by atoms with Crippen LogP contribution in [-0.4, -0.2) is 17.0 Å². The molecule has 0 saturated heterocycles. The molecule has 1 aromatic carbocycles. The molecule has 0 unspecified atom stereocenters. The van der Waals surface area contributed by atoms with Crippen LogP contribution in [0.2, 0.25) is 0 Å². The first-order chi connectivity index (χ1) is 9.56. The maximum atomic E-state index is 11.8. The van der Waals surface area contributed by atoms with Gasteiger partial charge in [-0.1, -0.05) is 6.07 Å². The Morgan fingerprint density at radius 1 is 1.30 bits per heavy atom. The van der Waals surface area contributed by atoms with Gasteiger partial charge in [-0.2, -0.15) is 0 Å². The number of carbonyl (C=O) groups is 2. The maximum Gasteiger partial charge on any atom is 0.335 e. The Balaban J connectivity index is 2.05. The molecular weight excluding hydrogens is 274 g/mol. The Kier molecular flexibility index (Phi) is 4.32. The Bertz CT molecular complexity index is 673. The number of nitrogens with one attached hydrogen (secondary N) is 1. The SMILES string of the molecule is Cc1ccsc1/C=C/C(=O)Nc1cccc(C(=O)O)c1. The third-order valence-corrected chi connectivity index (χ3v) is 3.65. The smallest absolute Gasteiger partial charge is 0.335 e. The molecule has 20 heavy (non-hydrogen) atoms. The first-order valence-electron chi connectivity index (χ1n) is 5.93. The van der Waals surface area contributed by atoms with E-state index in [9.17, 15) is 9.59 Å². The summed E-state index contributed by atoms with van der Waals surface area (Å²) in [6.07, 6.45) is 3.18. The fourth-order valence-electron chi connectivity index (χ4n) is 1.62. The Labute approximate surface area is 120 Å². The Morgan fingerprint density at radius 2 is 2.10 bits per heavy atom. The number of aryl methyl sites for hydroxylation is 1. The first kappa shape index (κ1) is 14.0. The molecule has 0 atom stereocenters. The summed E-state index contributed by atoms with van der Waals surface area (Å²) in [7, 11) is 0. The molecular formula is C15H13NO3S. The fraction of sp³-hybridized carbons (Fsp3) is 0.0667. The van der Waals surface area contributed by atoms with Crippen LogP contribution in [0.3, 0.4) is 0 Å². The summed E-state index contributed by atoms with van der Waals surface area (Å²) < 4.78 is 0. The van der Waals surface area contributed by atoms with E-state index in [4.69, 9.17) is 5.11 Å². The normalized spacial score (nSPS) is 10.7. The molecule has 5 heteroatoms. The average molecular weight is 287 g/mol.